The summed E-state index contributed by atoms with van der Waals surface area (Å²) in [4.78, 5) is 31.8. The number of hydrogen-bond acceptors (Lipinski definition) is 5. The molecule has 0 saturated heterocycles. The summed E-state index contributed by atoms with van der Waals surface area (Å²) in [6.45, 7) is 2.09. The molecular formula is C36H31N5O. The second kappa shape index (κ2) is 9.41. The van der Waals surface area contributed by atoms with Crippen LogP contribution in [0, 0.1) is 0 Å². The van der Waals surface area contributed by atoms with Crippen LogP contribution in [0.5, 0.6) is 0 Å². The molecule has 0 radical (unpaired) electrons. The molecule has 6 aromatic rings. The Labute approximate surface area is 244 Å². The third-order valence-corrected chi connectivity index (χ3v) is 9.50. The topological polar surface area (TPSA) is 73.0 Å². The highest BCUT2D eigenvalue weighted by atomic mass is 16.1. The van der Waals surface area contributed by atoms with E-state index in [2.05, 4.69) is 81.0 Å². The Kier molecular flexibility index (Phi) is 5.61. The summed E-state index contributed by atoms with van der Waals surface area (Å²) in [5, 5.41) is 1.16. The molecule has 4 aromatic heterocycles. The molecular weight excluding hydrogens is 518 g/mol. The van der Waals surface area contributed by atoms with Crippen LogP contribution < -0.4 is 0 Å². The first kappa shape index (κ1) is 25.0. The van der Waals surface area contributed by atoms with Crippen molar-refractivity contribution in [3.05, 3.63) is 126 Å². The van der Waals surface area contributed by atoms with Crippen LogP contribution in [0.3, 0.4) is 0 Å². The molecule has 2 aliphatic rings. The van der Waals surface area contributed by atoms with Gasteiger partial charge in [0.15, 0.2) is 0 Å². The van der Waals surface area contributed by atoms with Crippen LogP contribution >= 0.6 is 0 Å². The largest absolute Gasteiger partial charge is 0.299 e. The minimum atomic E-state index is -0.352. The van der Waals surface area contributed by atoms with Crippen molar-refractivity contribution in [1.29, 1.82) is 0 Å². The Balaban J connectivity index is 1.07. The number of fused-ring (bicyclic) bond motifs is 2. The maximum atomic E-state index is 13.5. The Morgan fingerprint density at radius 3 is 2.36 bits per heavy atom. The fraction of sp³-hybridized carbons (Fsp3) is 0.250. The van der Waals surface area contributed by atoms with Gasteiger partial charge >= 0.3 is 0 Å². The van der Waals surface area contributed by atoms with Crippen molar-refractivity contribution in [2.75, 3.05) is 0 Å². The molecule has 0 N–H and O–H groups in total. The fourth-order valence-corrected chi connectivity index (χ4v) is 6.65. The predicted molar refractivity (Wildman–Crippen MR) is 163 cm³/mol. The summed E-state index contributed by atoms with van der Waals surface area (Å²) in [6, 6.07) is 25.2. The Morgan fingerprint density at radius 2 is 1.60 bits per heavy atom. The van der Waals surface area contributed by atoms with Crippen LogP contribution in [-0.4, -0.2) is 30.1 Å². The number of ketones is 1. The van der Waals surface area contributed by atoms with E-state index in [-0.39, 0.29) is 16.7 Å². The van der Waals surface area contributed by atoms with Crippen molar-refractivity contribution in [2.24, 2.45) is 0 Å². The molecule has 2 saturated carbocycles. The average molecular weight is 550 g/mol. The summed E-state index contributed by atoms with van der Waals surface area (Å²) in [5.41, 5.74) is 7.29. The Morgan fingerprint density at radius 1 is 0.810 bits per heavy atom. The number of carbonyl (C=O) groups is 1. The molecule has 6 heteroatoms. The van der Waals surface area contributed by atoms with Crippen LogP contribution in [0.2, 0.25) is 0 Å². The summed E-state index contributed by atoms with van der Waals surface area (Å²) in [5.74, 6) is 1.14. The number of hydrogen-bond donors (Lipinski definition) is 0. The third kappa shape index (κ3) is 4.04. The number of imidazole rings is 1. The fourth-order valence-electron chi connectivity index (χ4n) is 6.65. The molecule has 0 aliphatic heterocycles. The van der Waals surface area contributed by atoms with Crippen LogP contribution in [0.4, 0.5) is 0 Å². The summed E-state index contributed by atoms with van der Waals surface area (Å²) < 4.78 is 2.16. The molecule has 2 aromatic carbocycles. The highest BCUT2D eigenvalue weighted by molar-refractivity contribution is 5.93. The quantitative estimate of drug-likeness (QED) is 0.201. The smallest absolute Gasteiger partial charge is 0.233 e. The normalized spacial score (nSPS) is 17.3. The zero-order valence-corrected chi connectivity index (χ0v) is 23.6. The molecule has 1 atom stereocenters. The van der Waals surface area contributed by atoms with Gasteiger partial charge in [0.05, 0.1) is 22.8 Å². The van der Waals surface area contributed by atoms with Gasteiger partial charge in [0, 0.05) is 59.2 Å². The Bertz CT molecular complexity index is 1950. The maximum absolute atomic E-state index is 13.5. The van der Waals surface area contributed by atoms with Crippen LogP contribution in [0.1, 0.15) is 67.5 Å². The molecule has 42 heavy (non-hydrogen) atoms. The third-order valence-electron chi connectivity index (χ3n) is 9.50. The van der Waals surface area contributed by atoms with Gasteiger partial charge in [-0.1, -0.05) is 49.4 Å². The monoisotopic (exact) mass is 549 g/mol. The first-order chi connectivity index (χ1) is 20.6. The van der Waals surface area contributed by atoms with Crippen molar-refractivity contribution in [1.82, 2.24) is 24.3 Å². The second-order valence-corrected chi connectivity index (χ2v) is 12.1. The van der Waals surface area contributed by atoms with Gasteiger partial charge in [-0.25, -0.2) is 9.97 Å². The molecule has 0 bridgehead atoms. The highest BCUT2D eigenvalue weighted by Crippen LogP contribution is 2.54. The first-order valence-corrected chi connectivity index (χ1v) is 14.8. The lowest BCUT2D eigenvalue weighted by Gasteiger charge is -2.18. The predicted octanol–water partition coefficient (Wildman–Crippen LogP) is 7.21. The molecule has 1 unspecified atom stereocenters. The molecule has 2 fully saturated rings. The number of rotatable bonds is 8. The van der Waals surface area contributed by atoms with Crippen molar-refractivity contribution >= 4 is 22.5 Å². The van der Waals surface area contributed by atoms with Crippen LogP contribution in [-0.2, 0) is 15.6 Å². The van der Waals surface area contributed by atoms with E-state index < -0.39 is 0 Å². The summed E-state index contributed by atoms with van der Waals surface area (Å²) in [6.07, 6.45) is 14.2. The number of pyridine rings is 2. The molecule has 206 valence electrons. The van der Waals surface area contributed by atoms with E-state index in [4.69, 9.17) is 4.98 Å². The average Bonchev–Trinajstić information content (AvgIpc) is 3.98. The molecule has 0 amide bonds. The SMILES string of the molecule is CC(CC(=O)C1(c2ccc(-c3cnc4ncc(C5(c6ccc7ncccc7c6)CC5)n4c3)cc2)CC1)c1ccccn1. The Hall–Kier alpha value is -4.71. The lowest BCUT2D eigenvalue weighted by Crippen LogP contribution is -2.22. The van der Waals surface area contributed by atoms with E-state index in [1.807, 2.05) is 42.9 Å². The maximum Gasteiger partial charge on any atom is 0.233 e. The molecule has 4 heterocycles. The van der Waals surface area contributed by atoms with Crippen molar-refractivity contribution < 1.29 is 4.79 Å². The number of aromatic nitrogens is 5. The zero-order valence-electron chi connectivity index (χ0n) is 23.6. The van der Waals surface area contributed by atoms with Gasteiger partial charge in [-0.3, -0.25) is 19.2 Å². The van der Waals surface area contributed by atoms with Gasteiger partial charge in [0.2, 0.25) is 5.78 Å². The molecule has 0 spiro atoms. The highest BCUT2D eigenvalue weighted by Gasteiger charge is 2.51. The van der Waals surface area contributed by atoms with Crippen molar-refractivity contribution in [3.63, 3.8) is 0 Å². The molecule has 8 rings (SSSR count). The van der Waals surface area contributed by atoms with E-state index in [0.29, 0.717) is 18.0 Å². The molecule has 6 nitrogen and oxygen atoms in total. The summed E-state index contributed by atoms with van der Waals surface area (Å²) in [7, 11) is 0. The standard InChI is InChI=1S/C36H31N5O/c1-24(30-6-2-3-17-37-30)19-33(42)36(15-16-36)28-9-7-25(8-10-28)27-21-39-34-40-22-32(41(34)23-27)35(13-14-35)29-11-12-31-26(20-29)5-4-18-38-31/h2-12,17-18,20-24H,13-16,19H2,1H3. The second-order valence-electron chi connectivity index (χ2n) is 12.1. The zero-order chi connectivity index (χ0) is 28.3. The van der Waals surface area contributed by atoms with E-state index in [1.165, 1.54) is 11.3 Å². The van der Waals surface area contributed by atoms with Crippen LogP contribution in [0.15, 0.2) is 104 Å². The van der Waals surface area contributed by atoms with Gasteiger partial charge < -0.3 is 0 Å². The van der Waals surface area contributed by atoms with Crippen molar-refractivity contribution in [3.8, 4) is 11.1 Å². The van der Waals surface area contributed by atoms with Gasteiger partial charge in [0.1, 0.15) is 5.78 Å². The summed E-state index contributed by atoms with van der Waals surface area (Å²) >= 11 is 0. The minimum Gasteiger partial charge on any atom is -0.299 e. The lowest BCUT2D eigenvalue weighted by molar-refractivity contribution is -0.121. The van der Waals surface area contributed by atoms with Crippen LogP contribution in [0.25, 0.3) is 27.8 Å². The minimum absolute atomic E-state index is 0.0568. The number of benzene rings is 2. The van der Waals surface area contributed by atoms with E-state index >= 15 is 0 Å². The lowest BCUT2D eigenvalue weighted by atomic mass is 9.85. The van der Waals surface area contributed by atoms with Crippen molar-refractivity contribution in [2.45, 2.75) is 55.8 Å². The van der Waals surface area contributed by atoms with E-state index in [0.717, 1.165) is 59.0 Å². The van der Waals surface area contributed by atoms with Gasteiger partial charge in [-0.2, -0.15) is 0 Å². The van der Waals surface area contributed by atoms with Gasteiger partial charge in [-0.15, -0.1) is 0 Å². The number of Topliss-reactive ketones (excluding diaryl/α,β-unsaturated/α-hetero) is 1. The number of nitrogens with zero attached hydrogens (tertiary/aromatic N) is 5. The first-order valence-electron chi connectivity index (χ1n) is 14.8. The molecule has 2 aliphatic carbocycles. The van der Waals surface area contributed by atoms with E-state index in [9.17, 15) is 4.79 Å². The van der Waals surface area contributed by atoms with Gasteiger partial charge in [0.25, 0.3) is 0 Å². The van der Waals surface area contributed by atoms with E-state index in [1.54, 1.807) is 6.20 Å². The number of carbonyl (C=O) groups excluding carboxylic acids is 1. The van der Waals surface area contributed by atoms with Gasteiger partial charge in [-0.05, 0) is 72.7 Å².